The van der Waals surface area contributed by atoms with Crippen LogP contribution in [-0.2, 0) is 11.2 Å². The molecule has 2 aromatic rings. The van der Waals surface area contributed by atoms with Gasteiger partial charge < -0.3 is 15.0 Å². The topological polar surface area (TPSA) is 41.6 Å². The molecule has 2 aromatic carbocycles. The lowest BCUT2D eigenvalue weighted by Gasteiger charge is -2.18. The normalized spacial score (nSPS) is 11.1. The molecule has 0 unspecified atom stereocenters. The SMILES string of the molecule is CCN(CC)CCOc1ccc(CCNC(=O)/C=C/c2ccc(Cl)cc2)cc1. The first-order valence-electron chi connectivity index (χ1n) is 9.76. The number of nitrogens with zero attached hydrogens (tertiary/aromatic N) is 1. The van der Waals surface area contributed by atoms with Crippen LogP contribution >= 0.6 is 11.6 Å². The van der Waals surface area contributed by atoms with Crippen molar-refractivity contribution in [2.24, 2.45) is 0 Å². The van der Waals surface area contributed by atoms with E-state index >= 15 is 0 Å². The molecule has 0 saturated heterocycles. The van der Waals surface area contributed by atoms with E-state index < -0.39 is 0 Å². The molecule has 28 heavy (non-hydrogen) atoms. The highest BCUT2D eigenvalue weighted by atomic mass is 35.5. The standard InChI is InChI=1S/C23H29ClN2O2/c1-3-26(4-2)17-18-28-22-12-7-20(8-13-22)15-16-25-23(27)14-9-19-5-10-21(24)11-6-19/h5-14H,3-4,15-18H2,1-2H3,(H,25,27)/b14-9+. The summed E-state index contributed by atoms with van der Waals surface area (Å²) in [6.45, 7) is 8.61. The highest BCUT2D eigenvalue weighted by molar-refractivity contribution is 6.30. The zero-order valence-electron chi connectivity index (χ0n) is 16.7. The minimum absolute atomic E-state index is 0.105. The van der Waals surface area contributed by atoms with Crippen molar-refractivity contribution in [3.63, 3.8) is 0 Å². The van der Waals surface area contributed by atoms with E-state index in [9.17, 15) is 4.79 Å². The third-order valence-electron chi connectivity index (χ3n) is 4.50. The summed E-state index contributed by atoms with van der Waals surface area (Å²) in [5.41, 5.74) is 2.11. The minimum atomic E-state index is -0.105. The second kappa shape index (κ2) is 12.2. The van der Waals surface area contributed by atoms with E-state index in [2.05, 4.69) is 24.1 Å². The van der Waals surface area contributed by atoms with E-state index in [0.29, 0.717) is 18.2 Å². The zero-order valence-corrected chi connectivity index (χ0v) is 17.4. The molecule has 0 aliphatic heterocycles. The highest BCUT2D eigenvalue weighted by Gasteiger charge is 2.01. The van der Waals surface area contributed by atoms with Crippen LogP contribution in [0.2, 0.25) is 5.02 Å². The first-order valence-corrected chi connectivity index (χ1v) is 10.1. The Labute approximate surface area is 173 Å². The Hall–Kier alpha value is -2.30. The number of benzene rings is 2. The van der Waals surface area contributed by atoms with Crippen LogP contribution in [0.15, 0.2) is 54.6 Å². The third-order valence-corrected chi connectivity index (χ3v) is 4.76. The zero-order chi connectivity index (χ0) is 20.2. The van der Waals surface area contributed by atoms with Crippen LogP contribution in [0.4, 0.5) is 0 Å². The fourth-order valence-corrected chi connectivity index (χ4v) is 2.85. The molecule has 0 aromatic heterocycles. The Morgan fingerprint density at radius 3 is 2.39 bits per heavy atom. The smallest absolute Gasteiger partial charge is 0.244 e. The lowest BCUT2D eigenvalue weighted by atomic mass is 10.1. The van der Waals surface area contributed by atoms with Crippen molar-refractivity contribution in [2.45, 2.75) is 20.3 Å². The Morgan fingerprint density at radius 1 is 1.07 bits per heavy atom. The number of carbonyl (C=O) groups is 1. The number of hydrogen-bond donors (Lipinski definition) is 1. The fourth-order valence-electron chi connectivity index (χ4n) is 2.72. The lowest BCUT2D eigenvalue weighted by molar-refractivity contribution is -0.116. The lowest BCUT2D eigenvalue weighted by Crippen LogP contribution is -2.27. The Kier molecular flexibility index (Phi) is 9.60. The predicted molar refractivity (Wildman–Crippen MR) is 117 cm³/mol. The average Bonchev–Trinajstić information content (AvgIpc) is 2.72. The molecule has 4 nitrogen and oxygen atoms in total. The molecule has 2 rings (SSSR count). The van der Waals surface area contributed by atoms with Gasteiger partial charge in [0.05, 0.1) is 0 Å². The maximum Gasteiger partial charge on any atom is 0.244 e. The van der Waals surface area contributed by atoms with Crippen molar-refractivity contribution in [2.75, 3.05) is 32.8 Å². The molecule has 0 saturated carbocycles. The van der Waals surface area contributed by atoms with E-state index in [1.165, 1.54) is 6.08 Å². The molecule has 0 atom stereocenters. The summed E-state index contributed by atoms with van der Waals surface area (Å²) in [7, 11) is 0. The van der Waals surface area contributed by atoms with Crippen molar-refractivity contribution < 1.29 is 9.53 Å². The maximum atomic E-state index is 11.9. The number of nitrogens with one attached hydrogen (secondary N) is 1. The molecule has 150 valence electrons. The van der Waals surface area contributed by atoms with Gasteiger partial charge in [-0.05, 0) is 61.0 Å². The minimum Gasteiger partial charge on any atom is -0.492 e. The van der Waals surface area contributed by atoms with Gasteiger partial charge in [-0.3, -0.25) is 4.79 Å². The molecule has 5 heteroatoms. The summed E-state index contributed by atoms with van der Waals surface area (Å²) < 4.78 is 5.79. The molecular formula is C23H29ClN2O2. The number of hydrogen-bond acceptors (Lipinski definition) is 3. The first-order chi connectivity index (χ1) is 13.6. The van der Waals surface area contributed by atoms with Crippen LogP contribution in [0.1, 0.15) is 25.0 Å². The Balaban J connectivity index is 1.68. The number of likely N-dealkylation sites (N-methyl/N-ethyl adjacent to an activating group) is 1. The van der Waals surface area contributed by atoms with Gasteiger partial charge in [-0.15, -0.1) is 0 Å². The third kappa shape index (κ3) is 8.15. The van der Waals surface area contributed by atoms with Crippen molar-refractivity contribution >= 4 is 23.6 Å². The number of halogens is 1. The van der Waals surface area contributed by atoms with Crippen LogP contribution < -0.4 is 10.1 Å². The van der Waals surface area contributed by atoms with Gasteiger partial charge in [0.15, 0.2) is 0 Å². The van der Waals surface area contributed by atoms with Crippen LogP contribution in [0.5, 0.6) is 5.75 Å². The van der Waals surface area contributed by atoms with Crippen molar-refractivity contribution in [1.29, 1.82) is 0 Å². The van der Waals surface area contributed by atoms with E-state index in [4.69, 9.17) is 16.3 Å². The fraction of sp³-hybridized carbons (Fsp3) is 0.348. The molecule has 0 aliphatic carbocycles. The van der Waals surface area contributed by atoms with E-state index in [0.717, 1.165) is 42.9 Å². The van der Waals surface area contributed by atoms with Crippen LogP contribution in [0.25, 0.3) is 6.08 Å². The van der Waals surface area contributed by atoms with Crippen molar-refractivity contribution in [3.05, 3.63) is 70.8 Å². The second-order valence-electron chi connectivity index (χ2n) is 6.45. The summed E-state index contributed by atoms with van der Waals surface area (Å²) in [6.07, 6.45) is 4.09. The van der Waals surface area contributed by atoms with Gasteiger partial charge in [-0.1, -0.05) is 49.7 Å². The van der Waals surface area contributed by atoms with E-state index in [-0.39, 0.29) is 5.91 Å². The van der Waals surface area contributed by atoms with Gasteiger partial charge in [0.1, 0.15) is 12.4 Å². The molecule has 0 bridgehead atoms. The number of rotatable bonds is 11. The second-order valence-corrected chi connectivity index (χ2v) is 6.88. The molecule has 1 amide bonds. The summed E-state index contributed by atoms with van der Waals surface area (Å²) in [5, 5.41) is 3.58. The van der Waals surface area contributed by atoms with E-state index in [1.54, 1.807) is 18.2 Å². The highest BCUT2D eigenvalue weighted by Crippen LogP contribution is 2.13. The molecule has 0 radical (unpaired) electrons. The first kappa shape index (κ1) is 22.0. The predicted octanol–water partition coefficient (Wildman–Crippen LogP) is 4.43. The summed E-state index contributed by atoms with van der Waals surface area (Å²) in [4.78, 5) is 14.2. The quantitative estimate of drug-likeness (QED) is 0.567. The van der Waals surface area contributed by atoms with Gasteiger partial charge in [-0.2, -0.15) is 0 Å². The maximum absolute atomic E-state index is 11.9. The number of ether oxygens (including phenoxy) is 1. The molecule has 0 spiro atoms. The molecular weight excluding hydrogens is 372 g/mol. The van der Waals surface area contributed by atoms with Gasteiger partial charge >= 0.3 is 0 Å². The van der Waals surface area contributed by atoms with Crippen molar-refractivity contribution in [3.8, 4) is 5.75 Å². The summed E-state index contributed by atoms with van der Waals surface area (Å²) >= 11 is 5.85. The Morgan fingerprint density at radius 2 is 1.75 bits per heavy atom. The number of carbonyl (C=O) groups excluding carboxylic acids is 1. The van der Waals surface area contributed by atoms with Gasteiger partial charge in [0, 0.05) is 24.2 Å². The monoisotopic (exact) mass is 400 g/mol. The van der Waals surface area contributed by atoms with Crippen molar-refractivity contribution in [1.82, 2.24) is 10.2 Å². The molecule has 1 N–H and O–H groups in total. The largest absolute Gasteiger partial charge is 0.492 e. The van der Waals surface area contributed by atoms with Crippen LogP contribution in [0, 0.1) is 0 Å². The summed E-state index contributed by atoms with van der Waals surface area (Å²) in [6, 6.07) is 15.4. The van der Waals surface area contributed by atoms with E-state index in [1.807, 2.05) is 36.4 Å². The Bertz CT molecular complexity index is 738. The average molecular weight is 401 g/mol. The summed E-state index contributed by atoms with van der Waals surface area (Å²) in [5.74, 6) is 0.775. The number of amides is 1. The molecule has 0 heterocycles. The van der Waals surface area contributed by atoms with Gasteiger partial charge in [0.2, 0.25) is 5.91 Å². The van der Waals surface area contributed by atoms with Crippen LogP contribution in [0.3, 0.4) is 0 Å². The molecule has 0 fully saturated rings. The van der Waals surface area contributed by atoms with Crippen LogP contribution in [-0.4, -0.2) is 43.6 Å². The van der Waals surface area contributed by atoms with Gasteiger partial charge in [0.25, 0.3) is 0 Å². The van der Waals surface area contributed by atoms with Gasteiger partial charge in [-0.25, -0.2) is 0 Å². The molecule has 0 aliphatic rings.